The van der Waals surface area contributed by atoms with Crippen LogP contribution in [0, 0.1) is 5.82 Å². The van der Waals surface area contributed by atoms with Crippen LogP contribution in [0.15, 0.2) is 18.2 Å². The molecule has 0 bridgehead atoms. The summed E-state index contributed by atoms with van der Waals surface area (Å²) in [6.45, 7) is -0.206. The minimum Gasteiger partial charge on any atom is -0.467 e. The Hall–Kier alpha value is -3.18. The molecule has 0 aliphatic heterocycles. The monoisotopic (exact) mass is 375 g/mol. The van der Waals surface area contributed by atoms with Gasteiger partial charge in [-0.1, -0.05) is 0 Å². The van der Waals surface area contributed by atoms with E-state index in [4.69, 9.17) is 9.47 Å². The molecule has 0 saturated carbocycles. The molecule has 0 fully saturated rings. The number of anilines is 1. The van der Waals surface area contributed by atoms with Crippen molar-refractivity contribution in [2.45, 2.75) is 12.7 Å². The maximum Gasteiger partial charge on any atom is 0.416 e. The topological polar surface area (TPSA) is 98.3 Å². The number of nitrogens with one attached hydrogen (secondary N) is 2. The summed E-state index contributed by atoms with van der Waals surface area (Å²) in [7, 11) is 2.64. The molecule has 1 aromatic heterocycles. The van der Waals surface area contributed by atoms with Gasteiger partial charge in [0.1, 0.15) is 5.82 Å². The van der Waals surface area contributed by atoms with Crippen LogP contribution in [0.25, 0.3) is 0 Å². The number of amides is 2. The fraction of sp³-hybridized carbons (Fsp3) is 0.286. The van der Waals surface area contributed by atoms with Gasteiger partial charge in [-0.3, -0.25) is 0 Å². The van der Waals surface area contributed by atoms with Crippen molar-refractivity contribution < 1.29 is 31.8 Å². The number of alkyl halides is 3. The number of benzene rings is 1. The molecule has 140 valence electrons. The van der Waals surface area contributed by atoms with E-state index in [-0.39, 0.29) is 30.1 Å². The van der Waals surface area contributed by atoms with Gasteiger partial charge in [0.25, 0.3) is 0 Å². The number of hydrogen-bond donors (Lipinski definition) is 2. The first-order chi connectivity index (χ1) is 12.2. The van der Waals surface area contributed by atoms with E-state index in [1.807, 2.05) is 0 Å². The predicted octanol–water partition coefficient (Wildman–Crippen LogP) is 2.37. The summed E-state index contributed by atoms with van der Waals surface area (Å²) in [6.07, 6.45) is -4.74. The van der Waals surface area contributed by atoms with Crippen LogP contribution in [0.5, 0.6) is 12.0 Å². The van der Waals surface area contributed by atoms with Crippen molar-refractivity contribution in [2.24, 2.45) is 0 Å². The summed E-state index contributed by atoms with van der Waals surface area (Å²) < 4.78 is 60.9. The van der Waals surface area contributed by atoms with E-state index in [0.717, 1.165) is 6.07 Å². The number of methoxy groups -OCH3 is 2. The second kappa shape index (κ2) is 7.80. The van der Waals surface area contributed by atoms with Gasteiger partial charge in [-0.05, 0) is 18.2 Å². The van der Waals surface area contributed by atoms with Crippen molar-refractivity contribution in [1.82, 2.24) is 20.3 Å². The largest absolute Gasteiger partial charge is 0.467 e. The molecule has 1 heterocycles. The van der Waals surface area contributed by atoms with Gasteiger partial charge in [-0.15, -0.1) is 4.98 Å². The highest BCUT2D eigenvalue weighted by Crippen LogP contribution is 2.31. The Labute approximate surface area is 144 Å². The van der Waals surface area contributed by atoms with Crippen LogP contribution in [0.2, 0.25) is 0 Å². The maximum absolute atomic E-state index is 13.3. The van der Waals surface area contributed by atoms with E-state index < -0.39 is 23.6 Å². The van der Waals surface area contributed by atoms with Gasteiger partial charge < -0.3 is 20.1 Å². The van der Waals surface area contributed by atoms with Crippen molar-refractivity contribution in [1.29, 1.82) is 0 Å². The number of nitrogens with zero attached hydrogens (tertiary/aromatic N) is 3. The molecule has 0 atom stereocenters. The molecule has 0 aliphatic carbocycles. The van der Waals surface area contributed by atoms with E-state index in [0.29, 0.717) is 12.1 Å². The Morgan fingerprint density at radius 1 is 1.08 bits per heavy atom. The number of urea groups is 1. The molecule has 2 N–H and O–H groups in total. The normalized spacial score (nSPS) is 11.0. The average molecular weight is 375 g/mol. The van der Waals surface area contributed by atoms with Gasteiger partial charge in [0.15, 0.2) is 5.82 Å². The highest BCUT2D eigenvalue weighted by Gasteiger charge is 2.31. The average Bonchev–Trinajstić information content (AvgIpc) is 2.58. The third-order valence-electron chi connectivity index (χ3n) is 2.90. The lowest BCUT2D eigenvalue weighted by atomic mass is 10.2. The summed E-state index contributed by atoms with van der Waals surface area (Å²) in [5, 5.41) is 4.41. The number of carbonyl (C=O) groups excluding carboxylic acids is 1. The Morgan fingerprint density at radius 2 is 1.69 bits per heavy atom. The fourth-order valence-corrected chi connectivity index (χ4v) is 1.80. The Balaban J connectivity index is 2.05. The second-order valence-corrected chi connectivity index (χ2v) is 4.76. The molecular weight excluding hydrogens is 362 g/mol. The van der Waals surface area contributed by atoms with Crippen LogP contribution in [-0.2, 0) is 12.7 Å². The van der Waals surface area contributed by atoms with Crippen LogP contribution in [0.1, 0.15) is 11.4 Å². The molecule has 12 heteroatoms. The zero-order chi connectivity index (χ0) is 19.3. The van der Waals surface area contributed by atoms with Crippen molar-refractivity contribution in [3.63, 3.8) is 0 Å². The molecule has 0 spiro atoms. The van der Waals surface area contributed by atoms with Crippen LogP contribution in [-0.4, -0.2) is 35.2 Å². The Bertz CT molecular complexity index is 778. The van der Waals surface area contributed by atoms with Crippen molar-refractivity contribution in [3.05, 3.63) is 35.4 Å². The first kappa shape index (κ1) is 19.1. The molecular formula is C14H13F4N5O3. The number of carbonyl (C=O) groups is 1. The number of halogens is 4. The van der Waals surface area contributed by atoms with Gasteiger partial charge in [0, 0.05) is 5.69 Å². The summed E-state index contributed by atoms with van der Waals surface area (Å²) in [5.74, 6) is -1.05. The first-order valence-electron chi connectivity index (χ1n) is 6.97. The van der Waals surface area contributed by atoms with Crippen LogP contribution < -0.4 is 20.1 Å². The zero-order valence-electron chi connectivity index (χ0n) is 13.5. The minimum absolute atomic E-state index is 0.0472. The van der Waals surface area contributed by atoms with Crippen molar-refractivity contribution in [2.75, 3.05) is 19.5 Å². The summed E-state index contributed by atoms with van der Waals surface area (Å²) in [5.41, 5.74) is -1.58. The molecule has 0 saturated heterocycles. The molecule has 26 heavy (non-hydrogen) atoms. The summed E-state index contributed by atoms with van der Waals surface area (Å²) in [4.78, 5) is 23.3. The zero-order valence-corrected chi connectivity index (χ0v) is 13.5. The van der Waals surface area contributed by atoms with Gasteiger partial charge >= 0.3 is 24.2 Å². The second-order valence-electron chi connectivity index (χ2n) is 4.76. The molecule has 0 unspecified atom stereocenters. The van der Waals surface area contributed by atoms with Gasteiger partial charge in [-0.25, -0.2) is 9.18 Å². The maximum atomic E-state index is 13.3. The standard InChI is InChI=1S/C14H13F4N5O3/c1-25-12-21-10(22-13(23-12)26-2)6-19-11(24)20-9-4-7(14(16,17)18)3-8(15)5-9/h3-5H,6H2,1-2H3,(H2,19,20,24). The van der Waals surface area contributed by atoms with E-state index in [1.54, 1.807) is 0 Å². The van der Waals surface area contributed by atoms with Crippen molar-refractivity contribution >= 4 is 11.7 Å². The third kappa shape index (κ3) is 5.16. The van der Waals surface area contributed by atoms with E-state index in [9.17, 15) is 22.4 Å². The highest BCUT2D eigenvalue weighted by molar-refractivity contribution is 5.89. The Morgan fingerprint density at radius 3 is 2.23 bits per heavy atom. The first-order valence-corrected chi connectivity index (χ1v) is 6.97. The van der Waals surface area contributed by atoms with Crippen LogP contribution in [0.4, 0.5) is 28.0 Å². The van der Waals surface area contributed by atoms with Crippen LogP contribution >= 0.6 is 0 Å². The smallest absolute Gasteiger partial charge is 0.416 e. The number of aromatic nitrogens is 3. The lowest BCUT2D eigenvalue weighted by Crippen LogP contribution is -2.29. The predicted molar refractivity (Wildman–Crippen MR) is 80.2 cm³/mol. The Kier molecular flexibility index (Phi) is 5.75. The van der Waals surface area contributed by atoms with Crippen molar-refractivity contribution in [3.8, 4) is 12.0 Å². The van der Waals surface area contributed by atoms with E-state index >= 15 is 0 Å². The lowest BCUT2D eigenvalue weighted by Gasteiger charge is -2.11. The molecule has 2 aromatic rings. The quantitative estimate of drug-likeness (QED) is 0.779. The van der Waals surface area contributed by atoms with E-state index in [1.165, 1.54) is 14.2 Å². The number of hydrogen-bond acceptors (Lipinski definition) is 6. The molecule has 2 rings (SSSR count). The molecule has 1 aromatic carbocycles. The highest BCUT2D eigenvalue weighted by atomic mass is 19.4. The molecule has 0 radical (unpaired) electrons. The number of rotatable bonds is 5. The lowest BCUT2D eigenvalue weighted by molar-refractivity contribution is -0.137. The molecule has 0 aliphatic rings. The third-order valence-corrected chi connectivity index (χ3v) is 2.90. The minimum atomic E-state index is -4.74. The summed E-state index contributed by atoms with van der Waals surface area (Å²) in [6, 6.07) is 0.707. The molecule has 8 nitrogen and oxygen atoms in total. The molecule has 2 amide bonds. The number of ether oxygens (including phenoxy) is 2. The van der Waals surface area contributed by atoms with Gasteiger partial charge in [0.05, 0.1) is 26.3 Å². The fourth-order valence-electron chi connectivity index (χ4n) is 1.80. The van der Waals surface area contributed by atoms with Gasteiger partial charge in [-0.2, -0.15) is 23.1 Å². The van der Waals surface area contributed by atoms with Crippen LogP contribution in [0.3, 0.4) is 0 Å². The summed E-state index contributed by atoms with van der Waals surface area (Å²) >= 11 is 0. The van der Waals surface area contributed by atoms with E-state index in [2.05, 4.69) is 25.6 Å². The SMILES string of the molecule is COc1nc(CNC(=O)Nc2cc(F)cc(C(F)(F)F)c2)nc(OC)n1. The van der Waals surface area contributed by atoms with Gasteiger partial charge in [0.2, 0.25) is 0 Å².